The first-order valence-corrected chi connectivity index (χ1v) is 6.51. The molecule has 0 aliphatic carbocycles. The molecule has 1 atom stereocenters. The molecule has 1 aromatic heterocycles. The van der Waals surface area contributed by atoms with E-state index in [2.05, 4.69) is 17.4 Å². The number of oxime groups is 1. The van der Waals surface area contributed by atoms with Crippen molar-refractivity contribution < 1.29 is 9.62 Å². The third kappa shape index (κ3) is 3.86. The lowest BCUT2D eigenvalue weighted by Crippen LogP contribution is -2.27. The van der Waals surface area contributed by atoms with Crippen LogP contribution in [0.3, 0.4) is 0 Å². The maximum Gasteiger partial charge on any atom is 0.170 e. The first-order valence-electron chi connectivity index (χ1n) is 6.51. The van der Waals surface area contributed by atoms with Gasteiger partial charge in [-0.25, -0.2) is 0 Å². The second-order valence-corrected chi connectivity index (χ2v) is 4.75. The summed E-state index contributed by atoms with van der Waals surface area (Å²) in [7, 11) is 0. The Morgan fingerprint density at radius 1 is 1.35 bits per heavy atom. The number of benzene rings is 1. The number of furan rings is 1. The maximum atomic E-state index is 8.60. The molecule has 5 nitrogen and oxygen atoms in total. The topological polar surface area (TPSA) is 83.8 Å². The highest BCUT2D eigenvalue weighted by molar-refractivity contribution is 5.96. The molecule has 0 fully saturated rings. The van der Waals surface area contributed by atoms with Gasteiger partial charge in [0.2, 0.25) is 0 Å². The fourth-order valence-electron chi connectivity index (χ4n) is 1.95. The van der Waals surface area contributed by atoms with Crippen molar-refractivity contribution in [1.82, 2.24) is 5.32 Å². The molecule has 0 saturated carbocycles. The number of nitrogens with one attached hydrogen (secondary N) is 1. The summed E-state index contributed by atoms with van der Waals surface area (Å²) in [5.41, 5.74) is 7.37. The molecule has 1 aromatic carbocycles. The summed E-state index contributed by atoms with van der Waals surface area (Å²) in [4.78, 5) is 0. The van der Waals surface area contributed by atoms with Crippen LogP contribution < -0.4 is 11.1 Å². The molecular weight excluding hydrogens is 254 g/mol. The average Bonchev–Trinajstić information content (AvgIpc) is 2.97. The molecule has 2 rings (SSSR count). The maximum absolute atomic E-state index is 8.60. The van der Waals surface area contributed by atoms with Crippen LogP contribution in [0.15, 0.2) is 52.2 Å². The van der Waals surface area contributed by atoms with Crippen molar-refractivity contribution in [2.24, 2.45) is 10.9 Å². The number of hydrogen-bond acceptors (Lipinski definition) is 4. The molecule has 0 aliphatic rings. The lowest BCUT2D eigenvalue weighted by Gasteiger charge is -2.12. The summed E-state index contributed by atoms with van der Waals surface area (Å²) in [5.74, 6) is 1.10. The van der Waals surface area contributed by atoms with Crippen molar-refractivity contribution in [3.8, 4) is 0 Å². The van der Waals surface area contributed by atoms with Gasteiger partial charge in [0.1, 0.15) is 5.76 Å². The zero-order valence-electron chi connectivity index (χ0n) is 11.4. The van der Waals surface area contributed by atoms with Gasteiger partial charge in [-0.1, -0.05) is 29.4 Å². The van der Waals surface area contributed by atoms with Crippen LogP contribution in [0.2, 0.25) is 0 Å². The summed E-state index contributed by atoms with van der Waals surface area (Å²) in [5, 5.41) is 15.0. The van der Waals surface area contributed by atoms with Crippen molar-refractivity contribution in [3.05, 3.63) is 59.5 Å². The predicted octanol–water partition coefficient (Wildman–Crippen LogP) is 2.09. The fraction of sp³-hybridized carbons (Fsp3) is 0.267. The van der Waals surface area contributed by atoms with Crippen molar-refractivity contribution in [3.63, 3.8) is 0 Å². The van der Waals surface area contributed by atoms with E-state index in [9.17, 15) is 0 Å². The zero-order chi connectivity index (χ0) is 14.4. The summed E-state index contributed by atoms with van der Waals surface area (Å²) >= 11 is 0. The van der Waals surface area contributed by atoms with Crippen LogP contribution in [0.4, 0.5) is 0 Å². The Morgan fingerprint density at radius 2 is 2.10 bits per heavy atom. The minimum atomic E-state index is 0.121. The molecule has 1 heterocycles. The van der Waals surface area contributed by atoms with Crippen LogP contribution in [0.25, 0.3) is 0 Å². The third-order valence-corrected chi connectivity index (χ3v) is 3.10. The van der Waals surface area contributed by atoms with Gasteiger partial charge in [0.25, 0.3) is 0 Å². The van der Waals surface area contributed by atoms with E-state index in [4.69, 9.17) is 15.4 Å². The van der Waals surface area contributed by atoms with Gasteiger partial charge < -0.3 is 20.7 Å². The number of nitrogens with zero attached hydrogens (tertiary/aromatic N) is 1. The standard InChI is InChI=1S/C15H19N3O2/c1-11(9-14-3-2-8-20-14)17-10-12-4-6-13(7-5-12)15(16)18-19/h2-8,11,17,19H,9-10H2,1H3,(H2,16,18). The Morgan fingerprint density at radius 3 is 2.70 bits per heavy atom. The average molecular weight is 273 g/mol. The van der Waals surface area contributed by atoms with E-state index < -0.39 is 0 Å². The van der Waals surface area contributed by atoms with Gasteiger partial charge in [-0.2, -0.15) is 0 Å². The van der Waals surface area contributed by atoms with Crippen molar-refractivity contribution in [2.45, 2.75) is 25.9 Å². The quantitative estimate of drug-likeness (QED) is 0.326. The molecule has 0 saturated heterocycles. The van der Waals surface area contributed by atoms with Gasteiger partial charge in [0.05, 0.1) is 6.26 Å². The second kappa shape index (κ2) is 6.77. The molecule has 0 bridgehead atoms. The molecule has 106 valence electrons. The lowest BCUT2D eigenvalue weighted by molar-refractivity contribution is 0.318. The monoisotopic (exact) mass is 273 g/mol. The van der Waals surface area contributed by atoms with Crippen molar-refractivity contribution >= 4 is 5.84 Å². The molecule has 1 unspecified atom stereocenters. The van der Waals surface area contributed by atoms with Gasteiger partial charge in [0.15, 0.2) is 5.84 Å². The number of amidine groups is 1. The highest BCUT2D eigenvalue weighted by Gasteiger charge is 2.05. The van der Waals surface area contributed by atoms with E-state index in [0.717, 1.165) is 24.3 Å². The number of hydrogen-bond donors (Lipinski definition) is 3. The second-order valence-electron chi connectivity index (χ2n) is 4.75. The summed E-state index contributed by atoms with van der Waals surface area (Å²) in [6.07, 6.45) is 2.54. The van der Waals surface area contributed by atoms with Gasteiger partial charge >= 0.3 is 0 Å². The molecule has 0 spiro atoms. The van der Waals surface area contributed by atoms with Crippen LogP contribution in [-0.4, -0.2) is 17.1 Å². The largest absolute Gasteiger partial charge is 0.469 e. The Bertz CT molecular complexity index is 547. The van der Waals surface area contributed by atoms with Crippen LogP contribution in [0, 0.1) is 0 Å². The predicted molar refractivity (Wildman–Crippen MR) is 77.7 cm³/mol. The minimum absolute atomic E-state index is 0.121. The first kappa shape index (κ1) is 14.1. The van der Waals surface area contributed by atoms with E-state index in [1.807, 2.05) is 36.4 Å². The highest BCUT2D eigenvalue weighted by atomic mass is 16.4. The molecule has 0 amide bonds. The van der Waals surface area contributed by atoms with E-state index in [-0.39, 0.29) is 5.84 Å². The number of nitrogens with two attached hydrogens (primary N) is 1. The van der Waals surface area contributed by atoms with E-state index in [0.29, 0.717) is 11.6 Å². The Hall–Kier alpha value is -2.27. The summed E-state index contributed by atoms with van der Waals surface area (Å²) in [6.45, 7) is 2.88. The van der Waals surface area contributed by atoms with E-state index in [1.165, 1.54) is 0 Å². The van der Waals surface area contributed by atoms with E-state index in [1.54, 1.807) is 6.26 Å². The van der Waals surface area contributed by atoms with Gasteiger partial charge in [0, 0.05) is 24.6 Å². The SMILES string of the molecule is CC(Cc1ccco1)NCc1ccc(C(N)=NO)cc1. The molecule has 5 heteroatoms. The molecule has 4 N–H and O–H groups in total. The fourth-order valence-corrected chi connectivity index (χ4v) is 1.95. The third-order valence-electron chi connectivity index (χ3n) is 3.10. The Kier molecular flexibility index (Phi) is 4.79. The molecule has 0 radical (unpaired) electrons. The molecule has 0 aliphatic heterocycles. The Labute approximate surface area is 118 Å². The van der Waals surface area contributed by atoms with Crippen LogP contribution in [0.1, 0.15) is 23.8 Å². The van der Waals surface area contributed by atoms with Crippen molar-refractivity contribution in [2.75, 3.05) is 0 Å². The zero-order valence-corrected chi connectivity index (χ0v) is 11.4. The lowest BCUT2D eigenvalue weighted by atomic mass is 10.1. The van der Waals surface area contributed by atoms with Crippen molar-refractivity contribution in [1.29, 1.82) is 0 Å². The molecular formula is C15H19N3O2. The molecule has 20 heavy (non-hydrogen) atoms. The smallest absolute Gasteiger partial charge is 0.170 e. The minimum Gasteiger partial charge on any atom is -0.469 e. The van der Waals surface area contributed by atoms with Crippen LogP contribution in [0.5, 0.6) is 0 Å². The summed E-state index contributed by atoms with van der Waals surface area (Å²) < 4.78 is 5.32. The number of rotatable bonds is 6. The van der Waals surface area contributed by atoms with Gasteiger partial charge in [-0.3, -0.25) is 0 Å². The van der Waals surface area contributed by atoms with Gasteiger partial charge in [-0.05, 0) is 24.6 Å². The molecule has 2 aromatic rings. The summed E-state index contributed by atoms with van der Waals surface area (Å²) in [6, 6.07) is 11.8. The van der Waals surface area contributed by atoms with Crippen LogP contribution in [-0.2, 0) is 13.0 Å². The highest BCUT2D eigenvalue weighted by Crippen LogP contribution is 2.07. The van der Waals surface area contributed by atoms with Crippen LogP contribution >= 0.6 is 0 Å². The normalized spacial score (nSPS) is 13.3. The van der Waals surface area contributed by atoms with E-state index >= 15 is 0 Å². The Balaban J connectivity index is 1.84. The first-order chi connectivity index (χ1) is 9.69. The van der Waals surface area contributed by atoms with Gasteiger partial charge in [-0.15, -0.1) is 0 Å².